The van der Waals surface area contributed by atoms with Crippen LogP contribution in [0.3, 0.4) is 0 Å². The molecule has 0 spiro atoms. The molecule has 1 unspecified atom stereocenters. The molecule has 1 atom stereocenters. The molecule has 2 rings (SSSR count). The predicted molar refractivity (Wildman–Crippen MR) is 88.0 cm³/mol. The first kappa shape index (κ1) is 16.5. The number of carbonyl (C=O) groups is 2. The van der Waals surface area contributed by atoms with Crippen LogP contribution in [-0.2, 0) is 4.79 Å². The summed E-state index contributed by atoms with van der Waals surface area (Å²) in [4.78, 5) is 25.7. The highest BCUT2D eigenvalue weighted by molar-refractivity contribution is 5.98. The average molecular weight is 303 g/mol. The number of hydrogen-bond donors (Lipinski definition) is 2. The standard InChI is InChI=1S/C17H25N3O2/c1-12-4-6-14(10-15(12)17(22)20(2)3)19-16(21)7-5-13-8-9-18-11-13/h4,6,10,13,18H,5,7-9,11H2,1-3H3,(H,19,21). The van der Waals surface area contributed by atoms with Crippen LogP contribution in [0.1, 0.15) is 35.2 Å². The van der Waals surface area contributed by atoms with Gasteiger partial charge < -0.3 is 15.5 Å². The Bertz CT molecular complexity index is 549. The second-order valence-corrected chi connectivity index (χ2v) is 6.17. The number of benzene rings is 1. The number of rotatable bonds is 5. The van der Waals surface area contributed by atoms with E-state index in [1.54, 1.807) is 25.1 Å². The minimum absolute atomic E-state index is 0.0130. The van der Waals surface area contributed by atoms with E-state index in [0.717, 1.165) is 31.5 Å². The Balaban J connectivity index is 1.95. The molecule has 1 aliphatic heterocycles. The fourth-order valence-electron chi connectivity index (χ4n) is 2.69. The van der Waals surface area contributed by atoms with Gasteiger partial charge in [-0.25, -0.2) is 0 Å². The van der Waals surface area contributed by atoms with Crippen LogP contribution in [0.5, 0.6) is 0 Å². The third-order valence-electron chi connectivity index (χ3n) is 4.10. The summed E-state index contributed by atoms with van der Waals surface area (Å²) in [5.74, 6) is 0.569. The van der Waals surface area contributed by atoms with Gasteiger partial charge >= 0.3 is 0 Å². The van der Waals surface area contributed by atoms with Crippen LogP contribution in [0.2, 0.25) is 0 Å². The number of amides is 2. The molecular formula is C17H25N3O2. The van der Waals surface area contributed by atoms with Crippen molar-refractivity contribution in [2.75, 3.05) is 32.5 Å². The van der Waals surface area contributed by atoms with Crippen LogP contribution in [0.4, 0.5) is 5.69 Å². The topological polar surface area (TPSA) is 61.4 Å². The molecule has 1 heterocycles. The van der Waals surface area contributed by atoms with Crippen LogP contribution in [0, 0.1) is 12.8 Å². The summed E-state index contributed by atoms with van der Waals surface area (Å²) in [6.07, 6.45) is 2.59. The van der Waals surface area contributed by atoms with Gasteiger partial charge in [-0.1, -0.05) is 6.07 Å². The minimum atomic E-state index is -0.0503. The zero-order valence-corrected chi connectivity index (χ0v) is 13.6. The molecule has 5 heteroatoms. The van der Waals surface area contributed by atoms with Gasteiger partial charge in [-0.2, -0.15) is 0 Å². The number of aryl methyl sites for hydroxylation is 1. The Morgan fingerprint density at radius 3 is 2.77 bits per heavy atom. The molecule has 5 nitrogen and oxygen atoms in total. The number of carbonyl (C=O) groups excluding carboxylic acids is 2. The summed E-state index contributed by atoms with van der Waals surface area (Å²) in [5, 5.41) is 6.21. The van der Waals surface area contributed by atoms with Crippen molar-refractivity contribution in [1.82, 2.24) is 10.2 Å². The van der Waals surface area contributed by atoms with Gasteiger partial charge in [-0.15, -0.1) is 0 Å². The molecule has 1 saturated heterocycles. The van der Waals surface area contributed by atoms with Gasteiger partial charge in [-0.05, 0) is 56.5 Å². The minimum Gasteiger partial charge on any atom is -0.345 e. The summed E-state index contributed by atoms with van der Waals surface area (Å²) in [7, 11) is 3.45. The molecule has 1 aromatic carbocycles. The Morgan fingerprint density at radius 1 is 1.36 bits per heavy atom. The van der Waals surface area contributed by atoms with Crippen molar-refractivity contribution in [3.8, 4) is 0 Å². The Labute approximate surface area is 132 Å². The van der Waals surface area contributed by atoms with Crippen LogP contribution in [-0.4, -0.2) is 43.9 Å². The van der Waals surface area contributed by atoms with Crippen molar-refractivity contribution < 1.29 is 9.59 Å². The zero-order valence-electron chi connectivity index (χ0n) is 13.6. The number of anilines is 1. The lowest BCUT2D eigenvalue weighted by atomic mass is 10.0. The maximum absolute atomic E-state index is 12.1. The van der Waals surface area contributed by atoms with Gasteiger partial charge in [0.1, 0.15) is 0 Å². The van der Waals surface area contributed by atoms with Crippen molar-refractivity contribution in [3.63, 3.8) is 0 Å². The van der Waals surface area contributed by atoms with Gasteiger partial charge in [-0.3, -0.25) is 9.59 Å². The molecule has 22 heavy (non-hydrogen) atoms. The molecule has 0 radical (unpaired) electrons. The average Bonchev–Trinajstić information content (AvgIpc) is 2.99. The summed E-state index contributed by atoms with van der Waals surface area (Å²) in [5.41, 5.74) is 2.22. The maximum Gasteiger partial charge on any atom is 0.253 e. The van der Waals surface area contributed by atoms with E-state index in [4.69, 9.17) is 0 Å². The molecule has 120 valence electrons. The fraction of sp³-hybridized carbons (Fsp3) is 0.529. The lowest BCUT2D eigenvalue weighted by Crippen LogP contribution is -2.23. The van der Waals surface area contributed by atoms with Crippen LogP contribution in [0.25, 0.3) is 0 Å². The summed E-state index contributed by atoms with van der Waals surface area (Å²) in [6.45, 7) is 3.97. The van der Waals surface area contributed by atoms with E-state index in [1.165, 1.54) is 0 Å². The van der Waals surface area contributed by atoms with Gasteiger partial charge in [0.25, 0.3) is 5.91 Å². The van der Waals surface area contributed by atoms with Gasteiger partial charge in [0.2, 0.25) is 5.91 Å². The third-order valence-corrected chi connectivity index (χ3v) is 4.10. The van der Waals surface area contributed by atoms with Crippen molar-refractivity contribution in [2.24, 2.45) is 5.92 Å². The molecule has 1 aromatic rings. The highest BCUT2D eigenvalue weighted by Crippen LogP contribution is 2.18. The largest absolute Gasteiger partial charge is 0.345 e. The summed E-state index contributed by atoms with van der Waals surface area (Å²) < 4.78 is 0. The molecule has 2 amide bonds. The van der Waals surface area contributed by atoms with Gasteiger partial charge in [0, 0.05) is 31.8 Å². The molecule has 1 fully saturated rings. The van der Waals surface area contributed by atoms with Crippen molar-refractivity contribution in [3.05, 3.63) is 29.3 Å². The Kier molecular flexibility index (Phi) is 5.55. The normalized spacial score (nSPS) is 17.3. The van der Waals surface area contributed by atoms with Crippen molar-refractivity contribution in [2.45, 2.75) is 26.2 Å². The Hall–Kier alpha value is -1.88. The number of nitrogens with one attached hydrogen (secondary N) is 2. The second kappa shape index (κ2) is 7.40. The quantitative estimate of drug-likeness (QED) is 0.875. The SMILES string of the molecule is Cc1ccc(NC(=O)CCC2CCNC2)cc1C(=O)N(C)C. The first-order valence-corrected chi connectivity index (χ1v) is 7.80. The molecular weight excluding hydrogens is 278 g/mol. The lowest BCUT2D eigenvalue weighted by molar-refractivity contribution is -0.116. The second-order valence-electron chi connectivity index (χ2n) is 6.17. The van der Waals surface area contributed by atoms with Crippen LogP contribution < -0.4 is 10.6 Å². The number of hydrogen-bond acceptors (Lipinski definition) is 3. The van der Waals surface area contributed by atoms with Gasteiger partial charge in [0.05, 0.1) is 0 Å². The van der Waals surface area contributed by atoms with E-state index < -0.39 is 0 Å². The van der Waals surface area contributed by atoms with Gasteiger partial charge in [0.15, 0.2) is 0 Å². The van der Waals surface area contributed by atoms with Crippen LogP contribution in [0.15, 0.2) is 18.2 Å². The molecule has 2 N–H and O–H groups in total. The van der Waals surface area contributed by atoms with E-state index in [2.05, 4.69) is 10.6 Å². The fourth-order valence-corrected chi connectivity index (χ4v) is 2.69. The summed E-state index contributed by atoms with van der Waals surface area (Å²) >= 11 is 0. The Morgan fingerprint density at radius 2 is 2.14 bits per heavy atom. The van der Waals surface area contributed by atoms with E-state index in [1.807, 2.05) is 19.1 Å². The highest BCUT2D eigenvalue weighted by Gasteiger charge is 2.16. The molecule has 1 aliphatic rings. The predicted octanol–water partition coefficient (Wildman–Crippen LogP) is 2.03. The summed E-state index contributed by atoms with van der Waals surface area (Å²) in [6, 6.07) is 5.47. The maximum atomic E-state index is 12.1. The molecule has 0 aliphatic carbocycles. The highest BCUT2D eigenvalue weighted by atomic mass is 16.2. The van der Waals surface area contributed by atoms with Crippen LogP contribution >= 0.6 is 0 Å². The molecule has 0 bridgehead atoms. The first-order chi connectivity index (χ1) is 10.5. The molecule has 0 saturated carbocycles. The van der Waals surface area contributed by atoms with Crippen molar-refractivity contribution >= 4 is 17.5 Å². The van der Waals surface area contributed by atoms with Crippen molar-refractivity contribution in [1.29, 1.82) is 0 Å². The van der Waals surface area contributed by atoms with E-state index in [9.17, 15) is 9.59 Å². The molecule has 0 aromatic heterocycles. The van der Waals surface area contributed by atoms with E-state index in [-0.39, 0.29) is 11.8 Å². The first-order valence-electron chi connectivity index (χ1n) is 7.80. The zero-order chi connectivity index (χ0) is 16.1. The third kappa shape index (κ3) is 4.31. The van der Waals surface area contributed by atoms with E-state index in [0.29, 0.717) is 23.6 Å². The smallest absolute Gasteiger partial charge is 0.253 e. The monoisotopic (exact) mass is 303 g/mol. The lowest BCUT2D eigenvalue weighted by Gasteiger charge is -2.14. The van der Waals surface area contributed by atoms with E-state index >= 15 is 0 Å². The number of nitrogens with zero attached hydrogens (tertiary/aromatic N) is 1.